The number of ether oxygens (including phenoxy) is 5. The molecule has 2 aromatic carbocycles. The first-order valence-electron chi connectivity index (χ1n) is 7.81. The fourth-order valence-corrected chi connectivity index (χ4v) is 2.48. The van der Waals surface area contributed by atoms with Gasteiger partial charge in [-0.1, -0.05) is 6.07 Å². The van der Waals surface area contributed by atoms with Gasteiger partial charge in [0, 0.05) is 12.1 Å². The summed E-state index contributed by atoms with van der Waals surface area (Å²) in [7, 11) is 7.59. The fourth-order valence-electron chi connectivity index (χ4n) is 2.48. The van der Waals surface area contributed by atoms with Gasteiger partial charge < -0.3 is 23.7 Å². The van der Waals surface area contributed by atoms with Crippen LogP contribution in [0.4, 0.5) is 0 Å². The minimum absolute atomic E-state index is 0.475. The Hall–Kier alpha value is -3.15. The highest BCUT2D eigenvalue weighted by atomic mass is 16.5. The van der Waals surface area contributed by atoms with Crippen LogP contribution in [0.25, 0.3) is 5.57 Å². The first-order valence-corrected chi connectivity index (χ1v) is 7.81. The molecule has 0 saturated carbocycles. The van der Waals surface area contributed by atoms with Gasteiger partial charge in [0.05, 0.1) is 35.5 Å². The zero-order chi connectivity index (χ0) is 19.1. The third-order valence-corrected chi connectivity index (χ3v) is 3.82. The largest absolute Gasteiger partial charge is 0.497 e. The molecule has 0 aliphatic carbocycles. The summed E-state index contributed by atoms with van der Waals surface area (Å²) in [5.74, 6) is 1.88. The summed E-state index contributed by atoms with van der Waals surface area (Å²) >= 11 is 0. The van der Waals surface area contributed by atoms with Crippen LogP contribution in [0.2, 0.25) is 0 Å². The number of benzene rings is 2. The highest BCUT2D eigenvalue weighted by Gasteiger charge is 2.14. The smallest absolute Gasteiger partial charge is 0.331 e. The van der Waals surface area contributed by atoms with E-state index >= 15 is 0 Å². The molecule has 0 atom stereocenters. The van der Waals surface area contributed by atoms with E-state index in [1.165, 1.54) is 13.2 Å². The Balaban J connectivity index is 2.66. The maximum absolute atomic E-state index is 11.9. The van der Waals surface area contributed by atoms with Crippen molar-refractivity contribution in [2.75, 3.05) is 35.5 Å². The minimum atomic E-state index is -0.475. The van der Waals surface area contributed by atoms with Crippen molar-refractivity contribution in [2.45, 2.75) is 0 Å². The summed E-state index contributed by atoms with van der Waals surface area (Å²) in [6.07, 6.45) is 1.41. The summed E-state index contributed by atoms with van der Waals surface area (Å²) in [6.45, 7) is 0. The second-order valence-electron chi connectivity index (χ2n) is 5.25. The van der Waals surface area contributed by atoms with Gasteiger partial charge >= 0.3 is 5.97 Å². The highest BCUT2D eigenvalue weighted by molar-refractivity contribution is 5.96. The molecule has 0 amide bonds. The summed E-state index contributed by atoms with van der Waals surface area (Å²) in [5, 5.41) is 0. The van der Waals surface area contributed by atoms with Gasteiger partial charge in [0.25, 0.3) is 0 Å². The van der Waals surface area contributed by atoms with Gasteiger partial charge in [-0.2, -0.15) is 0 Å². The Labute approximate surface area is 152 Å². The zero-order valence-electron chi connectivity index (χ0n) is 15.5. The number of hydrogen-bond acceptors (Lipinski definition) is 6. The molecule has 0 heterocycles. The molecular formula is C20H22O6. The second kappa shape index (κ2) is 8.80. The second-order valence-corrected chi connectivity index (χ2v) is 5.25. The first-order chi connectivity index (χ1) is 12.6. The van der Waals surface area contributed by atoms with Crippen LogP contribution in [0.1, 0.15) is 11.1 Å². The molecule has 0 N–H and O–H groups in total. The summed E-state index contributed by atoms with van der Waals surface area (Å²) < 4.78 is 26.1. The van der Waals surface area contributed by atoms with Crippen LogP contribution in [0.3, 0.4) is 0 Å². The lowest BCUT2D eigenvalue weighted by Crippen LogP contribution is -2.00. The summed E-state index contributed by atoms with van der Waals surface area (Å²) in [5.41, 5.74) is 2.12. The van der Waals surface area contributed by atoms with Gasteiger partial charge in [0.15, 0.2) is 11.5 Å². The topological polar surface area (TPSA) is 63.2 Å². The molecule has 6 heteroatoms. The molecule has 6 nitrogen and oxygen atoms in total. The van der Waals surface area contributed by atoms with Crippen LogP contribution in [0.5, 0.6) is 23.0 Å². The van der Waals surface area contributed by atoms with Crippen LogP contribution in [0, 0.1) is 0 Å². The molecule has 2 aromatic rings. The van der Waals surface area contributed by atoms with Crippen LogP contribution in [-0.2, 0) is 9.53 Å². The van der Waals surface area contributed by atoms with Crippen LogP contribution < -0.4 is 18.9 Å². The van der Waals surface area contributed by atoms with Gasteiger partial charge in [0.2, 0.25) is 0 Å². The molecular weight excluding hydrogens is 336 g/mol. The maximum atomic E-state index is 11.9. The minimum Gasteiger partial charge on any atom is -0.497 e. The number of hydrogen-bond donors (Lipinski definition) is 0. The molecule has 0 aliphatic heterocycles. The van der Waals surface area contributed by atoms with Crippen molar-refractivity contribution >= 4 is 11.5 Å². The monoisotopic (exact) mass is 358 g/mol. The lowest BCUT2D eigenvalue weighted by molar-refractivity contribution is -0.134. The van der Waals surface area contributed by atoms with Gasteiger partial charge in [-0.05, 0) is 41.0 Å². The Morgan fingerprint density at radius 2 is 1.35 bits per heavy atom. The lowest BCUT2D eigenvalue weighted by atomic mass is 9.96. The molecule has 0 aromatic heterocycles. The Morgan fingerprint density at radius 1 is 0.731 bits per heavy atom. The van der Waals surface area contributed by atoms with E-state index in [9.17, 15) is 4.79 Å². The fraction of sp³-hybridized carbons (Fsp3) is 0.250. The molecule has 0 fully saturated rings. The Bertz CT molecular complexity index is 788. The normalized spacial score (nSPS) is 10.9. The number of esters is 1. The van der Waals surface area contributed by atoms with Crippen molar-refractivity contribution in [1.29, 1.82) is 0 Å². The van der Waals surface area contributed by atoms with Crippen molar-refractivity contribution in [1.82, 2.24) is 0 Å². The van der Waals surface area contributed by atoms with Crippen molar-refractivity contribution in [3.8, 4) is 23.0 Å². The highest BCUT2D eigenvalue weighted by Crippen LogP contribution is 2.35. The van der Waals surface area contributed by atoms with Crippen molar-refractivity contribution < 1.29 is 28.5 Å². The van der Waals surface area contributed by atoms with Gasteiger partial charge in [-0.15, -0.1) is 0 Å². The number of methoxy groups -OCH3 is 5. The van der Waals surface area contributed by atoms with Gasteiger partial charge in [-0.3, -0.25) is 0 Å². The van der Waals surface area contributed by atoms with E-state index < -0.39 is 5.97 Å². The van der Waals surface area contributed by atoms with E-state index in [-0.39, 0.29) is 0 Å². The number of carbonyl (C=O) groups is 1. The Morgan fingerprint density at radius 3 is 1.85 bits per heavy atom. The molecule has 0 spiro atoms. The third kappa shape index (κ3) is 4.27. The molecule has 0 saturated heterocycles. The molecule has 0 radical (unpaired) electrons. The molecule has 0 unspecified atom stereocenters. The average Bonchev–Trinajstić information content (AvgIpc) is 2.70. The number of rotatable bonds is 7. The summed E-state index contributed by atoms with van der Waals surface area (Å²) in [4.78, 5) is 11.9. The molecule has 0 bridgehead atoms. The number of carbonyl (C=O) groups excluding carboxylic acids is 1. The molecule has 0 aliphatic rings. The van der Waals surface area contributed by atoms with Crippen molar-refractivity contribution in [3.05, 3.63) is 53.6 Å². The van der Waals surface area contributed by atoms with E-state index in [1.807, 2.05) is 18.2 Å². The SMILES string of the molecule is COC(=O)C=C(c1cc(OC)cc(OC)c1)c1ccc(OC)c(OC)c1. The van der Waals surface area contributed by atoms with Gasteiger partial charge in [0.1, 0.15) is 11.5 Å². The predicted molar refractivity (Wildman–Crippen MR) is 98.2 cm³/mol. The van der Waals surface area contributed by atoms with E-state index in [2.05, 4.69) is 0 Å². The standard InChI is InChI=1S/C20H22O6/c1-22-15-8-14(9-16(11-15)23-2)17(12-20(21)26-5)13-6-7-18(24-3)19(10-13)25-4/h6-12H,1-5H3. The zero-order valence-corrected chi connectivity index (χ0v) is 15.5. The summed E-state index contributed by atoms with van der Waals surface area (Å²) in [6, 6.07) is 10.8. The quantitative estimate of drug-likeness (QED) is 0.559. The van der Waals surface area contributed by atoms with Crippen LogP contribution in [-0.4, -0.2) is 41.5 Å². The molecule has 26 heavy (non-hydrogen) atoms. The van der Waals surface area contributed by atoms with E-state index in [0.717, 1.165) is 11.1 Å². The molecule has 2 rings (SSSR count). The van der Waals surface area contributed by atoms with E-state index in [0.29, 0.717) is 28.6 Å². The van der Waals surface area contributed by atoms with Crippen molar-refractivity contribution in [2.24, 2.45) is 0 Å². The lowest BCUT2D eigenvalue weighted by Gasteiger charge is -2.14. The molecule has 138 valence electrons. The average molecular weight is 358 g/mol. The van der Waals surface area contributed by atoms with Crippen LogP contribution in [0.15, 0.2) is 42.5 Å². The van der Waals surface area contributed by atoms with Gasteiger partial charge in [-0.25, -0.2) is 4.79 Å². The predicted octanol–water partition coefficient (Wildman–Crippen LogP) is 3.33. The van der Waals surface area contributed by atoms with E-state index in [1.54, 1.807) is 46.6 Å². The maximum Gasteiger partial charge on any atom is 0.331 e. The van der Waals surface area contributed by atoms with E-state index in [4.69, 9.17) is 23.7 Å². The van der Waals surface area contributed by atoms with Crippen molar-refractivity contribution in [3.63, 3.8) is 0 Å². The Kier molecular flexibility index (Phi) is 6.49. The third-order valence-electron chi connectivity index (χ3n) is 3.82. The van der Waals surface area contributed by atoms with Crippen LogP contribution >= 0.6 is 0 Å². The first kappa shape index (κ1) is 19.2.